The monoisotopic (exact) mass is 301 g/mol. The number of hydrogen-bond donors (Lipinski definition) is 1. The molecule has 0 amide bonds. The van der Waals surface area contributed by atoms with Crippen molar-refractivity contribution < 1.29 is 0 Å². The summed E-state index contributed by atoms with van der Waals surface area (Å²) in [5.74, 6) is 1.21. The van der Waals surface area contributed by atoms with Crippen LogP contribution in [-0.2, 0) is 0 Å². The zero-order valence-electron chi connectivity index (χ0n) is 7.48. The zero-order chi connectivity index (χ0) is 10.1. The molecular weight excluding hydrogens is 293 g/mol. The molecule has 72 valence electrons. The molecule has 2 N–H and O–H groups in total. The summed E-state index contributed by atoms with van der Waals surface area (Å²) in [4.78, 5) is 8.02. The van der Waals surface area contributed by atoms with Crippen LogP contribution in [-0.4, -0.2) is 19.7 Å². The third-order valence-electron chi connectivity index (χ3n) is 1.86. The molecule has 6 heteroatoms. The van der Waals surface area contributed by atoms with Crippen molar-refractivity contribution in [3.05, 3.63) is 27.9 Å². The number of halogens is 1. The molecule has 0 saturated heterocycles. The first kappa shape index (κ1) is 9.38. The van der Waals surface area contributed by atoms with Gasteiger partial charge in [0.15, 0.2) is 5.82 Å². The van der Waals surface area contributed by atoms with Crippen LogP contribution in [0.1, 0.15) is 5.56 Å². The van der Waals surface area contributed by atoms with Gasteiger partial charge in [0.2, 0.25) is 0 Å². The molecule has 5 nitrogen and oxygen atoms in total. The number of rotatable bonds is 1. The quantitative estimate of drug-likeness (QED) is 0.802. The summed E-state index contributed by atoms with van der Waals surface area (Å²) in [6.07, 6.45) is 5.08. The van der Waals surface area contributed by atoms with E-state index < -0.39 is 0 Å². The Kier molecular flexibility index (Phi) is 2.36. The highest BCUT2D eigenvalue weighted by molar-refractivity contribution is 14.1. The lowest BCUT2D eigenvalue weighted by molar-refractivity contribution is 0.831. The topological polar surface area (TPSA) is 69.6 Å². The fourth-order valence-electron chi connectivity index (χ4n) is 1.10. The minimum Gasteiger partial charge on any atom is -0.383 e. The minimum atomic E-state index is 0.487. The highest BCUT2D eigenvalue weighted by atomic mass is 127. The van der Waals surface area contributed by atoms with Crippen molar-refractivity contribution in [3.8, 4) is 5.82 Å². The smallest absolute Gasteiger partial charge is 0.161 e. The van der Waals surface area contributed by atoms with E-state index in [4.69, 9.17) is 5.73 Å². The van der Waals surface area contributed by atoms with Crippen molar-refractivity contribution in [1.82, 2.24) is 19.7 Å². The van der Waals surface area contributed by atoms with E-state index in [1.165, 1.54) is 6.33 Å². The molecule has 0 aromatic carbocycles. The molecule has 0 aliphatic carbocycles. The summed E-state index contributed by atoms with van der Waals surface area (Å²) in [6, 6.07) is 0. The van der Waals surface area contributed by atoms with Crippen molar-refractivity contribution >= 4 is 28.4 Å². The van der Waals surface area contributed by atoms with E-state index >= 15 is 0 Å². The van der Waals surface area contributed by atoms with Crippen molar-refractivity contribution in [2.75, 3.05) is 5.73 Å². The molecule has 2 heterocycles. The van der Waals surface area contributed by atoms with E-state index in [9.17, 15) is 0 Å². The van der Waals surface area contributed by atoms with Gasteiger partial charge in [0.25, 0.3) is 0 Å². The van der Waals surface area contributed by atoms with E-state index in [0.29, 0.717) is 5.82 Å². The molecule has 0 bridgehead atoms. The predicted molar refractivity (Wildman–Crippen MR) is 61.0 cm³/mol. The molecule has 0 radical (unpaired) electrons. The average molecular weight is 301 g/mol. The summed E-state index contributed by atoms with van der Waals surface area (Å²) in [7, 11) is 0. The highest BCUT2D eigenvalue weighted by Gasteiger charge is 2.06. The zero-order valence-corrected chi connectivity index (χ0v) is 9.63. The van der Waals surface area contributed by atoms with Gasteiger partial charge in [0.05, 0.1) is 9.77 Å². The maximum absolute atomic E-state index is 5.67. The Balaban J connectivity index is 2.57. The molecule has 0 atom stereocenters. The van der Waals surface area contributed by atoms with Gasteiger partial charge in [-0.15, -0.1) is 0 Å². The van der Waals surface area contributed by atoms with Gasteiger partial charge in [-0.2, -0.15) is 5.10 Å². The number of nitrogens with two attached hydrogens (primary N) is 1. The summed E-state index contributed by atoms with van der Waals surface area (Å²) >= 11 is 2.19. The summed E-state index contributed by atoms with van der Waals surface area (Å²) in [5.41, 5.74) is 6.51. The molecular formula is C8H8IN5. The van der Waals surface area contributed by atoms with Crippen LogP contribution in [0.2, 0.25) is 0 Å². The van der Waals surface area contributed by atoms with Gasteiger partial charge in [-0.3, -0.25) is 0 Å². The van der Waals surface area contributed by atoms with Crippen molar-refractivity contribution in [2.24, 2.45) is 0 Å². The van der Waals surface area contributed by atoms with E-state index in [0.717, 1.165) is 15.0 Å². The third-order valence-corrected chi connectivity index (χ3v) is 2.42. The second-order valence-electron chi connectivity index (χ2n) is 2.81. The molecule has 0 spiro atoms. The normalized spacial score (nSPS) is 10.4. The molecule has 0 unspecified atom stereocenters. The molecule has 0 saturated carbocycles. The summed E-state index contributed by atoms with van der Waals surface area (Å²) in [6.45, 7) is 1.87. The maximum atomic E-state index is 5.67. The van der Waals surface area contributed by atoms with Crippen LogP contribution in [0, 0.1) is 10.5 Å². The first-order valence-corrected chi connectivity index (χ1v) is 5.04. The SMILES string of the molecule is Cc1c(N)ncnc1-n1cc(I)cn1. The highest BCUT2D eigenvalue weighted by Crippen LogP contribution is 2.14. The van der Waals surface area contributed by atoms with E-state index in [2.05, 4.69) is 37.7 Å². The van der Waals surface area contributed by atoms with Gasteiger partial charge in [-0.25, -0.2) is 14.6 Å². The predicted octanol–water partition coefficient (Wildman–Crippen LogP) is 1.16. The van der Waals surface area contributed by atoms with E-state index in [1.807, 2.05) is 13.1 Å². The second kappa shape index (κ2) is 3.52. The second-order valence-corrected chi connectivity index (χ2v) is 4.06. The molecule has 2 aromatic rings. The van der Waals surface area contributed by atoms with Gasteiger partial charge < -0.3 is 5.73 Å². The lowest BCUT2D eigenvalue weighted by Crippen LogP contribution is -2.05. The van der Waals surface area contributed by atoms with E-state index in [-0.39, 0.29) is 0 Å². The molecule has 0 aliphatic heterocycles. The Labute approximate surface area is 94.5 Å². The van der Waals surface area contributed by atoms with Gasteiger partial charge in [0, 0.05) is 11.8 Å². The van der Waals surface area contributed by atoms with Crippen LogP contribution in [0.25, 0.3) is 5.82 Å². The molecule has 0 aliphatic rings. The van der Waals surface area contributed by atoms with E-state index in [1.54, 1.807) is 10.9 Å². The Hall–Kier alpha value is -1.18. The standard InChI is InChI=1S/C8H8IN5/c1-5-7(10)11-4-12-8(5)14-3-6(9)2-13-14/h2-4H,1H3,(H2,10,11,12). The van der Waals surface area contributed by atoms with Crippen LogP contribution in [0.5, 0.6) is 0 Å². The molecule has 0 fully saturated rings. The first-order valence-electron chi connectivity index (χ1n) is 3.96. The van der Waals surface area contributed by atoms with Gasteiger partial charge >= 0.3 is 0 Å². The average Bonchev–Trinajstić information content (AvgIpc) is 2.57. The molecule has 2 rings (SSSR count). The van der Waals surface area contributed by atoms with Crippen LogP contribution >= 0.6 is 22.6 Å². The van der Waals surface area contributed by atoms with Crippen LogP contribution in [0.3, 0.4) is 0 Å². The van der Waals surface area contributed by atoms with Crippen molar-refractivity contribution in [2.45, 2.75) is 6.92 Å². The van der Waals surface area contributed by atoms with Gasteiger partial charge in [-0.1, -0.05) is 0 Å². The number of anilines is 1. The Morgan fingerprint density at radius 1 is 1.43 bits per heavy atom. The first-order chi connectivity index (χ1) is 6.68. The van der Waals surface area contributed by atoms with Crippen molar-refractivity contribution in [1.29, 1.82) is 0 Å². The Bertz CT molecular complexity index is 465. The van der Waals surface area contributed by atoms with Crippen LogP contribution < -0.4 is 5.73 Å². The summed E-state index contributed by atoms with van der Waals surface area (Å²) < 4.78 is 2.74. The van der Waals surface area contributed by atoms with Crippen LogP contribution in [0.4, 0.5) is 5.82 Å². The summed E-state index contributed by atoms with van der Waals surface area (Å²) in [5, 5.41) is 4.15. The van der Waals surface area contributed by atoms with Crippen LogP contribution in [0.15, 0.2) is 18.7 Å². The lowest BCUT2D eigenvalue weighted by Gasteiger charge is -2.04. The Morgan fingerprint density at radius 2 is 2.21 bits per heavy atom. The Morgan fingerprint density at radius 3 is 2.86 bits per heavy atom. The minimum absolute atomic E-state index is 0.487. The molecule has 14 heavy (non-hydrogen) atoms. The fraction of sp³-hybridized carbons (Fsp3) is 0.125. The van der Waals surface area contributed by atoms with Crippen molar-refractivity contribution in [3.63, 3.8) is 0 Å². The van der Waals surface area contributed by atoms with Gasteiger partial charge in [0.1, 0.15) is 12.1 Å². The lowest BCUT2D eigenvalue weighted by atomic mass is 10.3. The number of hydrogen-bond acceptors (Lipinski definition) is 4. The van der Waals surface area contributed by atoms with Gasteiger partial charge in [-0.05, 0) is 29.5 Å². The largest absolute Gasteiger partial charge is 0.383 e. The number of aromatic nitrogens is 4. The fourth-order valence-corrected chi connectivity index (χ4v) is 1.49. The third kappa shape index (κ3) is 1.57. The number of nitrogens with zero attached hydrogens (tertiary/aromatic N) is 4. The molecule has 2 aromatic heterocycles. The maximum Gasteiger partial charge on any atom is 0.161 e. The number of nitrogen functional groups attached to an aromatic ring is 1.